The van der Waals surface area contributed by atoms with Crippen LogP contribution in [0, 0.1) is 0 Å². The number of thioether (sulfide) groups is 1. The number of ether oxygens (including phenoxy) is 2. The predicted octanol–water partition coefficient (Wildman–Crippen LogP) is 2.05. The highest BCUT2D eigenvalue weighted by molar-refractivity contribution is 7.99. The fourth-order valence-electron chi connectivity index (χ4n) is 2.44. The standard InChI is InChI=1S/C15H31NO3S/c1-4-20-15-6-5-13(9-15)16-10-14(17)11-18-7-8-19-12(2)3/h12-17H,4-11H2,1-3H3. The number of hydrogen-bond donors (Lipinski definition) is 2. The van der Waals surface area contributed by atoms with Crippen LogP contribution in [0.25, 0.3) is 0 Å². The van der Waals surface area contributed by atoms with Crippen molar-refractivity contribution in [1.29, 1.82) is 0 Å². The minimum atomic E-state index is -0.424. The summed E-state index contributed by atoms with van der Waals surface area (Å²) in [4.78, 5) is 0. The molecule has 2 N–H and O–H groups in total. The van der Waals surface area contributed by atoms with Crippen molar-refractivity contribution in [2.75, 3.05) is 32.1 Å². The molecule has 1 rings (SSSR count). The number of aliphatic hydroxyl groups excluding tert-OH is 1. The molecule has 0 aliphatic heterocycles. The maximum absolute atomic E-state index is 9.85. The van der Waals surface area contributed by atoms with Crippen LogP contribution in [0.1, 0.15) is 40.0 Å². The molecule has 5 heteroatoms. The van der Waals surface area contributed by atoms with E-state index in [9.17, 15) is 5.11 Å². The summed E-state index contributed by atoms with van der Waals surface area (Å²) in [6.07, 6.45) is 3.57. The van der Waals surface area contributed by atoms with Gasteiger partial charge in [0, 0.05) is 17.8 Å². The van der Waals surface area contributed by atoms with Crippen molar-refractivity contribution in [3.63, 3.8) is 0 Å². The highest BCUT2D eigenvalue weighted by atomic mass is 32.2. The Balaban J connectivity index is 1.96. The van der Waals surface area contributed by atoms with Crippen LogP contribution in [0.4, 0.5) is 0 Å². The Labute approximate surface area is 128 Å². The Hall–Kier alpha value is 0.190. The molecule has 0 aromatic carbocycles. The molecule has 0 spiro atoms. The molecule has 0 aromatic rings. The van der Waals surface area contributed by atoms with Gasteiger partial charge in [-0.3, -0.25) is 0 Å². The van der Waals surface area contributed by atoms with E-state index in [1.807, 2.05) is 13.8 Å². The minimum Gasteiger partial charge on any atom is -0.389 e. The molecule has 1 aliphatic carbocycles. The van der Waals surface area contributed by atoms with Crippen LogP contribution >= 0.6 is 11.8 Å². The average molecular weight is 305 g/mol. The van der Waals surface area contributed by atoms with Crippen LogP contribution in [0.5, 0.6) is 0 Å². The van der Waals surface area contributed by atoms with Crippen molar-refractivity contribution < 1.29 is 14.6 Å². The second-order valence-electron chi connectivity index (χ2n) is 5.64. The van der Waals surface area contributed by atoms with Crippen LogP contribution in [-0.4, -0.2) is 60.7 Å². The van der Waals surface area contributed by atoms with E-state index in [0.29, 0.717) is 32.4 Å². The van der Waals surface area contributed by atoms with Crippen LogP contribution < -0.4 is 5.32 Å². The zero-order valence-corrected chi connectivity index (χ0v) is 14.0. The Kier molecular flexibility index (Phi) is 9.90. The predicted molar refractivity (Wildman–Crippen MR) is 85.5 cm³/mol. The molecule has 4 nitrogen and oxygen atoms in total. The second kappa shape index (κ2) is 10.9. The lowest BCUT2D eigenvalue weighted by Gasteiger charge is -2.17. The van der Waals surface area contributed by atoms with E-state index < -0.39 is 6.10 Å². The van der Waals surface area contributed by atoms with Crippen molar-refractivity contribution in [3.05, 3.63) is 0 Å². The Morgan fingerprint density at radius 1 is 1.30 bits per heavy atom. The molecule has 0 radical (unpaired) electrons. The molecule has 3 atom stereocenters. The van der Waals surface area contributed by atoms with Gasteiger partial charge in [0.05, 0.1) is 32.0 Å². The Bertz CT molecular complexity index is 241. The van der Waals surface area contributed by atoms with Gasteiger partial charge in [-0.05, 0) is 38.9 Å². The van der Waals surface area contributed by atoms with Gasteiger partial charge in [0.2, 0.25) is 0 Å². The molecule has 1 saturated carbocycles. The van der Waals surface area contributed by atoms with Crippen LogP contribution in [-0.2, 0) is 9.47 Å². The highest BCUT2D eigenvalue weighted by Gasteiger charge is 2.24. The molecule has 1 aliphatic rings. The van der Waals surface area contributed by atoms with Gasteiger partial charge in [0.15, 0.2) is 0 Å². The first-order chi connectivity index (χ1) is 9.61. The third-order valence-electron chi connectivity index (χ3n) is 3.42. The van der Waals surface area contributed by atoms with Crippen LogP contribution in [0.3, 0.4) is 0 Å². The molecular formula is C15H31NO3S. The summed E-state index contributed by atoms with van der Waals surface area (Å²) < 4.78 is 10.8. The lowest BCUT2D eigenvalue weighted by atomic mass is 10.2. The molecule has 0 aromatic heterocycles. The SMILES string of the molecule is CCSC1CCC(NCC(O)COCCOC(C)C)C1. The van der Waals surface area contributed by atoms with E-state index >= 15 is 0 Å². The third kappa shape index (κ3) is 8.47. The summed E-state index contributed by atoms with van der Waals surface area (Å²) >= 11 is 2.06. The van der Waals surface area contributed by atoms with Gasteiger partial charge in [0.25, 0.3) is 0 Å². The quantitative estimate of drug-likeness (QED) is 0.572. The molecule has 0 bridgehead atoms. The fraction of sp³-hybridized carbons (Fsp3) is 1.00. The Morgan fingerprint density at radius 3 is 2.80 bits per heavy atom. The lowest BCUT2D eigenvalue weighted by molar-refractivity contribution is -0.0104. The summed E-state index contributed by atoms with van der Waals surface area (Å²) in [6, 6.07) is 0.568. The second-order valence-corrected chi connectivity index (χ2v) is 7.22. The van der Waals surface area contributed by atoms with Crippen molar-refractivity contribution in [1.82, 2.24) is 5.32 Å². The maximum Gasteiger partial charge on any atom is 0.0897 e. The van der Waals surface area contributed by atoms with Gasteiger partial charge in [-0.1, -0.05) is 6.92 Å². The van der Waals surface area contributed by atoms with Gasteiger partial charge in [0.1, 0.15) is 0 Å². The van der Waals surface area contributed by atoms with Gasteiger partial charge in [-0.15, -0.1) is 0 Å². The van der Waals surface area contributed by atoms with Gasteiger partial charge in [-0.25, -0.2) is 0 Å². The van der Waals surface area contributed by atoms with E-state index in [0.717, 1.165) is 5.25 Å². The molecule has 1 fully saturated rings. The van der Waals surface area contributed by atoms with Crippen molar-refractivity contribution in [2.45, 2.75) is 63.5 Å². The number of rotatable bonds is 11. The average Bonchev–Trinajstić information content (AvgIpc) is 2.84. The summed E-state index contributed by atoms with van der Waals surface area (Å²) in [5.41, 5.74) is 0. The number of hydrogen-bond acceptors (Lipinski definition) is 5. The largest absolute Gasteiger partial charge is 0.389 e. The van der Waals surface area contributed by atoms with Gasteiger partial charge < -0.3 is 19.9 Å². The summed E-state index contributed by atoms with van der Waals surface area (Å²) in [5.74, 6) is 1.20. The van der Waals surface area contributed by atoms with E-state index in [1.54, 1.807) is 0 Å². The normalized spacial score (nSPS) is 24.4. The molecule has 20 heavy (non-hydrogen) atoms. The first kappa shape index (κ1) is 18.2. The van der Waals surface area contributed by atoms with E-state index in [4.69, 9.17) is 9.47 Å². The van der Waals surface area contributed by atoms with E-state index in [2.05, 4.69) is 24.0 Å². The summed E-state index contributed by atoms with van der Waals surface area (Å²) in [7, 11) is 0. The van der Waals surface area contributed by atoms with Crippen LogP contribution in [0.15, 0.2) is 0 Å². The first-order valence-electron chi connectivity index (χ1n) is 7.84. The summed E-state index contributed by atoms with van der Waals surface area (Å²) in [6.45, 7) is 8.38. The lowest BCUT2D eigenvalue weighted by Crippen LogP contribution is -2.36. The van der Waals surface area contributed by atoms with Gasteiger partial charge >= 0.3 is 0 Å². The highest BCUT2D eigenvalue weighted by Crippen LogP contribution is 2.29. The van der Waals surface area contributed by atoms with Crippen molar-refractivity contribution in [3.8, 4) is 0 Å². The Morgan fingerprint density at radius 2 is 2.10 bits per heavy atom. The van der Waals surface area contributed by atoms with Crippen LogP contribution in [0.2, 0.25) is 0 Å². The molecule has 0 heterocycles. The minimum absolute atomic E-state index is 0.237. The van der Waals surface area contributed by atoms with Gasteiger partial charge in [-0.2, -0.15) is 11.8 Å². The zero-order valence-electron chi connectivity index (χ0n) is 13.1. The summed E-state index contributed by atoms with van der Waals surface area (Å²) in [5, 5.41) is 14.1. The molecular weight excluding hydrogens is 274 g/mol. The third-order valence-corrected chi connectivity index (χ3v) is 4.65. The van der Waals surface area contributed by atoms with E-state index in [-0.39, 0.29) is 6.10 Å². The maximum atomic E-state index is 9.85. The van der Waals surface area contributed by atoms with E-state index in [1.165, 1.54) is 25.0 Å². The smallest absolute Gasteiger partial charge is 0.0897 e. The zero-order chi connectivity index (χ0) is 14.8. The van der Waals surface area contributed by atoms with Crippen molar-refractivity contribution in [2.24, 2.45) is 0 Å². The van der Waals surface area contributed by atoms with Crippen molar-refractivity contribution >= 4 is 11.8 Å². The first-order valence-corrected chi connectivity index (χ1v) is 8.89. The molecule has 3 unspecified atom stereocenters. The topological polar surface area (TPSA) is 50.7 Å². The fourth-order valence-corrected chi connectivity index (χ4v) is 3.58. The molecule has 0 amide bonds. The monoisotopic (exact) mass is 305 g/mol. The molecule has 0 saturated heterocycles. The number of aliphatic hydroxyl groups is 1. The number of nitrogens with one attached hydrogen (secondary N) is 1. The molecule has 120 valence electrons.